The quantitative estimate of drug-likeness (QED) is 0.443. The number of nitrogens with one attached hydrogen (secondary N) is 1. The second-order valence-corrected chi connectivity index (χ2v) is 8.26. The molecule has 0 bridgehead atoms. The maximum absolute atomic E-state index is 15.0. The minimum Gasteiger partial charge on any atom is -0.395 e. The molecule has 0 amide bonds. The lowest BCUT2D eigenvalue weighted by Crippen LogP contribution is -2.47. The number of β-amino-alcohol motifs (C(OH)–C–C–N with tert-alkyl or cyclic N) is 1. The van der Waals surface area contributed by atoms with Gasteiger partial charge in [-0.2, -0.15) is 0 Å². The molecule has 1 saturated heterocycles. The third-order valence-electron chi connectivity index (χ3n) is 6.12. The molecule has 0 unspecified atom stereocenters. The highest BCUT2D eigenvalue weighted by Gasteiger charge is 2.18. The molecule has 1 aliphatic rings. The highest BCUT2D eigenvalue weighted by atomic mass is 19.1. The van der Waals surface area contributed by atoms with Crippen molar-refractivity contribution in [2.75, 3.05) is 49.5 Å². The summed E-state index contributed by atoms with van der Waals surface area (Å²) < 4.78 is 29.7. The van der Waals surface area contributed by atoms with Gasteiger partial charge in [0.05, 0.1) is 17.8 Å². The van der Waals surface area contributed by atoms with Gasteiger partial charge in [0.2, 0.25) is 5.95 Å². The van der Waals surface area contributed by atoms with Crippen LogP contribution in [0.25, 0.3) is 22.0 Å². The average molecular weight is 462 g/mol. The van der Waals surface area contributed by atoms with E-state index in [2.05, 4.69) is 25.1 Å². The summed E-state index contributed by atoms with van der Waals surface area (Å²) in [5.41, 5.74) is 2.62. The van der Waals surface area contributed by atoms with E-state index in [9.17, 15) is 8.78 Å². The van der Waals surface area contributed by atoms with Gasteiger partial charge >= 0.3 is 0 Å². The first kappa shape index (κ1) is 22.2. The molecular formula is C26H25F2N5O. The SMILES string of the molecule is OCCN1CCN(c2ccc(Nc3ncc4ccc(F)c(-c5ccccc5)c4n3)c(F)c2)CC1. The summed E-state index contributed by atoms with van der Waals surface area (Å²) in [6.45, 7) is 4.00. The molecule has 0 atom stereocenters. The molecule has 4 aromatic rings. The molecule has 174 valence electrons. The number of aromatic nitrogens is 2. The van der Waals surface area contributed by atoms with E-state index in [4.69, 9.17) is 5.11 Å². The Hall–Kier alpha value is -3.62. The zero-order valence-electron chi connectivity index (χ0n) is 18.6. The van der Waals surface area contributed by atoms with Crippen molar-refractivity contribution in [3.63, 3.8) is 0 Å². The Bertz CT molecular complexity index is 1290. The standard InChI is InChI=1S/C26H25F2N5O/c27-21-8-6-19-17-29-26(31-25(19)24(21)18-4-2-1-3-5-18)30-23-9-7-20(16-22(23)28)33-12-10-32(11-13-33)14-15-34/h1-9,16-17,34H,10-15H2,(H,29,30,31). The van der Waals surface area contributed by atoms with Gasteiger partial charge in [0, 0.05) is 55.6 Å². The molecule has 2 heterocycles. The van der Waals surface area contributed by atoms with Crippen molar-refractivity contribution in [2.24, 2.45) is 0 Å². The molecule has 0 saturated carbocycles. The Labute approximate surface area is 196 Å². The van der Waals surface area contributed by atoms with E-state index in [1.807, 2.05) is 36.4 Å². The summed E-state index contributed by atoms with van der Waals surface area (Å²) in [4.78, 5) is 13.1. The lowest BCUT2D eigenvalue weighted by atomic mass is 10.0. The van der Waals surface area contributed by atoms with Gasteiger partial charge in [-0.25, -0.2) is 18.7 Å². The smallest absolute Gasteiger partial charge is 0.227 e. The lowest BCUT2D eigenvalue weighted by molar-refractivity contribution is 0.189. The van der Waals surface area contributed by atoms with Crippen molar-refractivity contribution in [1.29, 1.82) is 0 Å². The first-order valence-corrected chi connectivity index (χ1v) is 11.3. The molecular weight excluding hydrogens is 436 g/mol. The highest BCUT2D eigenvalue weighted by Crippen LogP contribution is 2.31. The topological polar surface area (TPSA) is 64.5 Å². The van der Waals surface area contributed by atoms with Crippen LogP contribution in [-0.2, 0) is 0 Å². The summed E-state index contributed by atoms with van der Waals surface area (Å²) in [7, 11) is 0. The summed E-state index contributed by atoms with van der Waals surface area (Å²) >= 11 is 0. The molecule has 0 aliphatic carbocycles. The van der Waals surface area contributed by atoms with Gasteiger partial charge in [-0.15, -0.1) is 0 Å². The van der Waals surface area contributed by atoms with Crippen LogP contribution in [0.2, 0.25) is 0 Å². The molecule has 1 aliphatic heterocycles. The van der Waals surface area contributed by atoms with Crippen LogP contribution >= 0.6 is 0 Å². The molecule has 3 aromatic carbocycles. The van der Waals surface area contributed by atoms with Crippen LogP contribution in [0.1, 0.15) is 0 Å². The predicted molar refractivity (Wildman–Crippen MR) is 130 cm³/mol. The zero-order valence-corrected chi connectivity index (χ0v) is 18.6. The van der Waals surface area contributed by atoms with Crippen LogP contribution in [0.15, 0.2) is 66.9 Å². The normalized spacial score (nSPS) is 14.5. The van der Waals surface area contributed by atoms with Crippen molar-refractivity contribution in [1.82, 2.24) is 14.9 Å². The van der Waals surface area contributed by atoms with Crippen LogP contribution in [0, 0.1) is 11.6 Å². The Morgan fingerprint density at radius 2 is 1.71 bits per heavy atom. The maximum Gasteiger partial charge on any atom is 0.227 e. The van der Waals surface area contributed by atoms with Gasteiger partial charge in [-0.1, -0.05) is 30.3 Å². The van der Waals surface area contributed by atoms with Gasteiger partial charge in [-0.05, 0) is 35.9 Å². The monoisotopic (exact) mass is 461 g/mol. The van der Waals surface area contributed by atoms with Gasteiger partial charge in [-0.3, -0.25) is 4.90 Å². The Morgan fingerprint density at radius 1 is 0.912 bits per heavy atom. The fourth-order valence-electron chi connectivity index (χ4n) is 4.31. The lowest BCUT2D eigenvalue weighted by Gasteiger charge is -2.35. The molecule has 5 rings (SSSR count). The fourth-order valence-corrected chi connectivity index (χ4v) is 4.31. The Morgan fingerprint density at radius 3 is 2.44 bits per heavy atom. The first-order valence-electron chi connectivity index (χ1n) is 11.3. The number of nitrogens with zero attached hydrogens (tertiary/aromatic N) is 4. The molecule has 8 heteroatoms. The minimum atomic E-state index is -0.415. The van der Waals surface area contributed by atoms with E-state index in [1.165, 1.54) is 12.1 Å². The molecule has 1 aromatic heterocycles. The molecule has 2 N–H and O–H groups in total. The van der Waals surface area contributed by atoms with Crippen LogP contribution < -0.4 is 10.2 Å². The van der Waals surface area contributed by atoms with Crippen molar-refractivity contribution in [2.45, 2.75) is 0 Å². The van der Waals surface area contributed by atoms with E-state index < -0.39 is 5.82 Å². The van der Waals surface area contributed by atoms with E-state index in [-0.39, 0.29) is 24.1 Å². The summed E-state index contributed by atoms with van der Waals surface area (Å²) in [6.07, 6.45) is 1.61. The largest absolute Gasteiger partial charge is 0.395 e. The van der Waals surface area contributed by atoms with Crippen LogP contribution in [0.4, 0.5) is 26.1 Å². The van der Waals surface area contributed by atoms with Crippen LogP contribution in [0.5, 0.6) is 0 Å². The average Bonchev–Trinajstić information content (AvgIpc) is 2.86. The summed E-state index contributed by atoms with van der Waals surface area (Å²) in [5, 5.41) is 12.7. The van der Waals surface area contributed by atoms with Gasteiger partial charge in [0.1, 0.15) is 11.6 Å². The van der Waals surface area contributed by atoms with Crippen molar-refractivity contribution >= 4 is 28.2 Å². The zero-order chi connectivity index (χ0) is 23.5. The van der Waals surface area contributed by atoms with Gasteiger partial charge in [0.15, 0.2) is 0 Å². The van der Waals surface area contributed by atoms with Crippen LogP contribution in [-0.4, -0.2) is 59.3 Å². The van der Waals surface area contributed by atoms with Gasteiger partial charge in [0.25, 0.3) is 0 Å². The second-order valence-electron chi connectivity index (χ2n) is 8.26. The minimum absolute atomic E-state index is 0.144. The van der Waals surface area contributed by atoms with E-state index in [0.29, 0.717) is 28.6 Å². The number of anilines is 3. The number of aliphatic hydroxyl groups excluding tert-OH is 1. The Kier molecular flexibility index (Phi) is 6.33. The fraction of sp³-hybridized carbons (Fsp3) is 0.231. The summed E-state index contributed by atoms with van der Waals surface area (Å²) in [6, 6.07) is 17.3. The molecule has 0 radical (unpaired) electrons. The number of fused-ring (bicyclic) bond motifs is 1. The summed E-state index contributed by atoms with van der Waals surface area (Å²) in [5.74, 6) is -0.598. The van der Waals surface area contributed by atoms with Crippen molar-refractivity contribution in [3.8, 4) is 11.1 Å². The third kappa shape index (κ3) is 4.55. The van der Waals surface area contributed by atoms with Crippen LogP contribution in [0.3, 0.4) is 0 Å². The molecule has 34 heavy (non-hydrogen) atoms. The number of hydrogen-bond donors (Lipinski definition) is 2. The van der Waals surface area contributed by atoms with Crippen molar-refractivity contribution in [3.05, 3.63) is 78.5 Å². The van der Waals surface area contributed by atoms with Gasteiger partial charge < -0.3 is 15.3 Å². The molecule has 1 fully saturated rings. The maximum atomic E-state index is 15.0. The predicted octanol–water partition coefficient (Wildman–Crippen LogP) is 4.43. The number of benzene rings is 3. The number of piperazine rings is 1. The Balaban J connectivity index is 1.39. The number of rotatable bonds is 6. The first-order chi connectivity index (χ1) is 16.6. The second kappa shape index (κ2) is 9.70. The molecule has 6 nitrogen and oxygen atoms in total. The highest BCUT2D eigenvalue weighted by molar-refractivity contribution is 5.94. The van der Waals surface area contributed by atoms with E-state index in [0.717, 1.165) is 31.9 Å². The third-order valence-corrected chi connectivity index (χ3v) is 6.12. The number of hydrogen-bond acceptors (Lipinski definition) is 6. The van der Waals surface area contributed by atoms with Crippen molar-refractivity contribution < 1.29 is 13.9 Å². The van der Waals surface area contributed by atoms with E-state index >= 15 is 0 Å². The van der Waals surface area contributed by atoms with E-state index in [1.54, 1.807) is 18.3 Å². The number of halogens is 2. The number of aliphatic hydroxyl groups is 1. The molecule has 0 spiro atoms.